The summed E-state index contributed by atoms with van der Waals surface area (Å²) in [6.45, 7) is 8.27. The predicted octanol–water partition coefficient (Wildman–Crippen LogP) is 1.80. The Morgan fingerprint density at radius 2 is 2.07 bits per heavy atom. The Hall–Kier alpha value is -0.190. The lowest BCUT2D eigenvalue weighted by molar-refractivity contribution is 0.0737. The Balaban J connectivity index is 4.37. The molecule has 0 bridgehead atoms. The smallest absolute Gasteiger partial charge is 0.0743 e. The zero-order chi connectivity index (χ0) is 11.8. The SMILES string of the molecule is CCC(CC(N)=S)N(CC)C(C)COC. The first-order valence-electron chi connectivity index (χ1n) is 5.59. The molecule has 15 heavy (non-hydrogen) atoms. The van der Waals surface area contributed by atoms with E-state index in [1.54, 1.807) is 7.11 Å². The van der Waals surface area contributed by atoms with Crippen LogP contribution in [0.1, 0.15) is 33.6 Å². The van der Waals surface area contributed by atoms with E-state index < -0.39 is 0 Å². The third kappa shape index (κ3) is 5.44. The molecule has 0 aromatic carbocycles. The van der Waals surface area contributed by atoms with Crippen molar-refractivity contribution in [2.75, 3.05) is 20.3 Å². The summed E-state index contributed by atoms with van der Waals surface area (Å²) in [6, 6.07) is 0.858. The van der Waals surface area contributed by atoms with E-state index in [1.165, 1.54) is 0 Å². The second-order valence-corrected chi connectivity index (χ2v) is 4.39. The lowest BCUT2D eigenvalue weighted by Gasteiger charge is -2.34. The number of likely N-dealkylation sites (N-methyl/N-ethyl adjacent to an activating group) is 1. The Morgan fingerprint density at radius 3 is 2.40 bits per heavy atom. The van der Waals surface area contributed by atoms with Gasteiger partial charge in [-0.25, -0.2) is 0 Å². The van der Waals surface area contributed by atoms with Crippen LogP contribution in [0.3, 0.4) is 0 Å². The van der Waals surface area contributed by atoms with Gasteiger partial charge in [-0.05, 0) is 19.9 Å². The molecule has 0 aromatic rings. The third-order valence-electron chi connectivity index (χ3n) is 2.72. The maximum Gasteiger partial charge on any atom is 0.0743 e. The first kappa shape index (κ1) is 14.8. The summed E-state index contributed by atoms with van der Waals surface area (Å²) in [5.41, 5.74) is 5.61. The number of nitrogens with zero attached hydrogens (tertiary/aromatic N) is 1. The van der Waals surface area contributed by atoms with Crippen LogP contribution in [0.25, 0.3) is 0 Å². The molecule has 0 aromatic heterocycles. The van der Waals surface area contributed by atoms with Gasteiger partial charge in [0.05, 0.1) is 11.6 Å². The van der Waals surface area contributed by atoms with E-state index in [0.29, 0.717) is 17.1 Å². The van der Waals surface area contributed by atoms with Gasteiger partial charge in [-0.1, -0.05) is 26.1 Å². The van der Waals surface area contributed by atoms with Crippen molar-refractivity contribution >= 4 is 17.2 Å². The van der Waals surface area contributed by atoms with E-state index in [0.717, 1.165) is 26.0 Å². The molecule has 3 nitrogen and oxygen atoms in total. The van der Waals surface area contributed by atoms with E-state index in [1.807, 2.05) is 0 Å². The quantitative estimate of drug-likeness (QED) is 0.648. The van der Waals surface area contributed by atoms with Crippen molar-refractivity contribution in [1.82, 2.24) is 4.90 Å². The van der Waals surface area contributed by atoms with Crippen LogP contribution in [0.5, 0.6) is 0 Å². The van der Waals surface area contributed by atoms with Crippen molar-refractivity contribution in [3.8, 4) is 0 Å². The molecule has 0 spiro atoms. The van der Waals surface area contributed by atoms with E-state index in [2.05, 4.69) is 25.7 Å². The summed E-state index contributed by atoms with van der Waals surface area (Å²) in [4.78, 5) is 3.01. The number of ether oxygens (including phenoxy) is 1. The number of hydrogen-bond acceptors (Lipinski definition) is 3. The van der Waals surface area contributed by atoms with E-state index in [9.17, 15) is 0 Å². The molecule has 90 valence electrons. The largest absolute Gasteiger partial charge is 0.393 e. The lowest BCUT2D eigenvalue weighted by atomic mass is 10.1. The fourth-order valence-corrected chi connectivity index (χ4v) is 2.19. The van der Waals surface area contributed by atoms with Gasteiger partial charge in [0.15, 0.2) is 0 Å². The molecule has 0 fully saturated rings. The predicted molar refractivity (Wildman–Crippen MR) is 69.2 cm³/mol. The molecule has 0 heterocycles. The van der Waals surface area contributed by atoms with Gasteiger partial charge in [-0.3, -0.25) is 4.90 Å². The first-order chi connectivity index (χ1) is 7.06. The van der Waals surface area contributed by atoms with Crippen LogP contribution in [0.15, 0.2) is 0 Å². The second-order valence-electron chi connectivity index (χ2n) is 3.87. The molecule has 0 aliphatic rings. The number of thiocarbonyl (C=S) groups is 1. The van der Waals surface area contributed by atoms with Crippen LogP contribution < -0.4 is 5.73 Å². The van der Waals surface area contributed by atoms with Crippen molar-refractivity contribution in [3.05, 3.63) is 0 Å². The van der Waals surface area contributed by atoms with Crippen LogP contribution in [0.4, 0.5) is 0 Å². The summed E-state index contributed by atoms with van der Waals surface area (Å²) in [7, 11) is 1.73. The molecule has 2 N–H and O–H groups in total. The van der Waals surface area contributed by atoms with Gasteiger partial charge in [0, 0.05) is 25.6 Å². The Labute approximate surface area is 99.0 Å². The number of hydrogen-bond donors (Lipinski definition) is 1. The lowest BCUT2D eigenvalue weighted by Crippen LogP contribution is -2.45. The number of methoxy groups -OCH3 is 1. The highest BCUT2D eigenvalue weighted by atomic mass is 32.1. The van der Waals surface area contributed by atoms with Gasteiger partial charge in [0.2, 0.25) is 0 Å². The summed E-state index contributed by atoms with van der Waals surface area (Å²) in [5, 5.41) is 0. The molecule has 0 rings (SSSR count). The molecular weight excluding hydrogens is 208 g/mol. The molecule has 4 heteroatoms. The zero-order valence-corrected chi connectivity index (χ0v) is 11.1. The molecule has 2 atom stereocenters. The number of nitrogens with two attached hydrogens (primary N) is 1. The van der Waals surface area contributed by atoms with Crippen LogP contribution in [0, 0.1) is 0 Å². The molecule has 0 aliphatic heterocycles. The Bertz CT molecular complexity index is 187. The monoisotopic (exact) mass is 232 g/mol. The molecule has 0 saturated heterocycles. The van der Waals surface area contributed by atoms with Crippen molar-refractivity contribution in [2.45, 2.75) is 45.7 Å². The average Bonchev–Trinajstić information content (AvgIpc) is 2.17. The summed E-state index contributed by atoms with van der Waals surface area (Å²) in [6.07, 6.45) is 1.87. The first-order valence-corrected chi connectivity index (χ1v) is 6.00. The third-order valence-corrected chi connectivity index (χ3v) is 2.88. The van der Waals surface area contributed by atoms with Crippen LogP contribution in [-0.4, -0.2) is 42.2 Å². The number of rotatable bonds is 8. The zero-order valence-electron chi connectivity index (χ0n) is 10.3. The van der Waals surface area contributed by atoms with Crippen LogP contribution in [-0.2, 0) is 4.74 Å². The molecule has 0 radical (unpaired) electrons. The minimum Gasteiger partial charge on any atom is -0.393 e. The summed E-state index contributed by atoms with van der Waals surface area (Å²) >= 11 is 4.98. The van der Waals surface area contributed by atoms with Gasteiger partial charge in [-0.15, -0.1) is 0 Å². The second kappa shape index (κ2) is 8.02. The van der Waals surface area contributed by atoms with Crippen molar-refractivity contribution in [3.63, 3.8) is 0 Å². The van der Waals surface area contributed by atoms with E-state index in [-0.39, 0.29) is 0 Å². The highest BCUT2D eigenvalue weighted by molar-refractivity contribution is 7.80. The van der Waals surface area contributed by atoms with Gasteiger partial charge in [-0.2, -0.15) is 0 Å². The Morgan fingerprint density at radius 1 is 1.47 bits per heavy atom. The molecule has 0 amide bonds. The van der Waals surface area contributed by atoms with Gasteiger partial charge >= 0.3 is 0 Å². The topological polar surface area (TPSA) is 38.5 Å². The average molecular weight is 232 g/mol. The van der Waals surface area contributed by atoms with Crippen LogP contribution in [0.2, 0.25) is 0 Å². The minimum atomic E-state index is 0.416. The fourth-order valence-electron chi connectivity index (χ4n) is 2.00. The fraction of sp³-hybridized carbons (Fsp3) is 0.909. The maximum absolute atomic E-state index is 5.61. The van der Waals surface area contributed by atoms with Crippen molar-refractivity contribution < 1.29 is 4.74 Å². The van der Waals surface area contributed by atoms with E-state index in [4.69, 9.17) is 22.7 Å². The van der Waals surface area contributed by atoms with E-state index >= 15 is 0 Å². The summed E-state index contributed by atoms with van der Waals surface area (Å²) < 4.78 is 5.18. The molecule has 0 saturated carbocycles. The van der Waals surface area contributed by atoms with Gasteiger partial charge < -0.3 is 10.5 Å². The summed E-state index contributed by atoms with van der Waals surface area (Å²) in [5.74, 6) is 0. The highest BCUT2D eigenvalue weighted by Gasteiger charge is 2.21. The molecule has 0 aliphatic carbocycles. The van der Waals surface area contributed by atoms with Crippen LogP contribution >= 0.6 is 12.2 Å². The molecular formula is C11H24N2OS. The van der Waals surface area contributed by atoms with Gasteiger partial charge in [0.25, 0.3) is 0 Å². The Kier molecular flexibility index (Phi) is 7.92. The normalized spacial score (nSPS) is 15.3. The standard InChI is InChI=1S/C11H24N2OS/c1-5-10(7-11(12)15)13(6-2)9(3)8-14-4/h9-10H,5-8H2,1-4H3,(H2,12,15). The van der Waals surface area contributed by atoms with Crippen molar-refractivity contribution in [1.29, 1.82) is 0 Å². The maximum atomic E-state index is 5.61. The highest BCUT2D eigenvalue weighted by Crippen LogP contribution is 2.13. The minimum absolute atomic E-state index is 0.416. The molecule has 2 unspecified atom stereocenters. The van der Waals surface area contributed by atoms with Gasteiger partial charge in [0.1, 0.15) is 0 Å². The van der Waals surface area contributed by atoms with Crippen molar-refractivity contribution in [2.24, 2.45) is 5.73 Å².